The summed E-state index contributed by atoms with van der Waals surface area (Å²) in [5.74, 6) is 0.333. The first-order valence-corrected chi connectivity index (χ1v) is 12.4. The van der Waals surface area contributed by atoms with Crippen LogP contribution in [0.15, 0.2) is 30.5 Å². The summed E-state index contributed by atoms with van der Waals surface area (Å²) in [5, 5.41) is 3.37. The molecular weight excluding hydrogens is 436 g/mol. The van der Waals surface area contributed by atoms with Crippen LogP contribution in [0.25, 0.3) is 6.08 Å². The number of aromatic nitrogens is 2. The van der Waals surface area contributed by atoms with Crippen molar-refractivity contribution in [2.24, 2.45) is 5.92 Å². The van der Waals surface area contributed by atoms with E-state index in [9.17, 15) is 9.59 Å². The van der Waals surface area contributed by atoms with Crippen LogP contribution < -0.4 is 5.32 Å². The number of aryl methyl sites for hydroxylation is 1. The number of piperidine rings is 1. The Labute approximate surface area is 201 Å². The lowest BCUT2D eigenvalue weighted by atomic mass is 9.95. The van der Waals surface area contributed by atoms with Gasteiger partial charge in [0.1, 0.15) is 5.82 Å². The molecule has 0 aromatic carbocycles. The molecule has 33 heavy (non-hydrogen) atoms. The van der Waals surface area contributed by atoms with Crippen LogP contribution in [-0.2, 0) is 9.59 Å². The smallest absolute Gasteiger partial charge is 0.246 e. The van der Waals surface area contributed by atoms with Crippen molar-refractivity contribution in [1.82, 2.24) is 14.5 Å². The summed E-state index contributed by atoms with van der Waals surface area (Å²) in [5.41, 5.74) is 3.64. The summed E-state index contributed by atoms with van der Waals surface area (Å²) in [4.78, 5) is 31.3. The fourth-order valence-corrected chi connectivity index (χ4v) is 5.29. The Hall–Kier alpha value is -2.60. The number of carbonyl (C=O) groups excluding carboxylic acids is 2. The van der Waals surface area contributed by atoms with Crippen LogP contribution in [-0.4, -0.2) is 39.4 Å². The van der Waals surface area contributed by atoms with Gasteiger partial charge in [0.05, 0.1) is 5.02 Å². The first-order chi connectivity index (χ1) is 15.9. The number of anilines is 1. The predicted octanol–water partition coefficient (Wildman–Crippen LogP) is 5.55. The summed E-state index contributed by atoms with van der Waals surface area (Å²) in [7, 11) is 0. The monoisotopic (exact) mass is 468 g/mol. The van der Waals surface area contributed by atoms with Crippen molar-refractivity contribution >= 4 is 35.3 Å². The van der Waals surface area contributed by atoms with E-state index < -0.39 is 0 Å². The van der Waals surface area contributed by atoms with E-state index in [2.05, 4.69) is 34.8 Å². The number of likely N-dealkylation sites (tertiary alicyclic amines) is 1. The minimum atomic E-state index is -0.120. The number of amides is 2. The zero-order chi connectivity index (χ0) is 23.4. The lowest BCUT2D eigenvalue weighted by molar-refractivity contribution is -0.130. The van der Waals surface area contributed by atoms with Gasteiger partial charge in [-0.05, 0) is 69.4 Å². The molecule has 0 bridgehead atoms. The van der Waals surface area contributed by atoms with Gasteiger partial charge in [-0.3, -0.25) is 9.59 Å². The van der Waals surface area contributed by atoms with Crippen LogP contribution >= 0.6 is 11.6 Å². The van der Waals surface area contributed by atoms with E-state index in [0.717, 1.165) is 5.56 Å². The molecule has 7 heteroatoms. The molecule has 2 fully saturated rings. The largest absolute Gasteiger partial charge is 0.346 e. The third-order valence-electron chi connectivity index (χ3n) is 7.02. The van der Waals surface area contributed by atoms with E-state index in [1.54, 1.807) is 18.2 Å². The van der Waals surface area contributed by atoms with E-state index in [4.69, 9.17) is 11.6 Å². The standard InChI is InChI=1S/C26H33ClN4O2/c1-18-16-21(19(2)31(18)23-6-4-3-5-7-23)8-11-25(32)30-14-12-20(13-15-30)26(33)29-24-10-9-22(27)17-28-24/h8-11,16-17,20,23H,3-7,12-15H2,1-2H3,(H,28,29,33). The van der Waals surface area contributed by atoms with Gasteiger partial charge in [-0.1, -0.05) is 30.9 Å². The summed E-state index contributed by atoms with van der Waals surface area (Å²) in [6.07, 6.45) is 12.9. The fourth-order valence-electron chi connectivity index (χ4n) is 5.18. The highest BCUT2D eigenvalue weighted by Crippen LogP contribution is 2.32. The first-order valence-electron chi connectivity index (χ1n) is 12.0. The van der Waals surface area contributed by atoms with E-state index in [-0.39, 0.29) is 17.7 Å². The number of nitrogens with one attached hydrogen (secondary N) is 1. The summed E-state index contributed by atoms with van der Waals surface area (Å²) < 4.78 is 2.46. The molecule has 0 spiro atoms. The van der Waals surface area contributed by atoms with Crippen molar-refractivity contribution in [3.05, 3.63) is 52.4 Å². The molecule has 3 heterocycles. The summed E-state index contributed by atoms with van der Waals surface area (Å²) in [6, 6.07) is 6.17. The molecule has 2 aromatic rings. The zero-order valence-corrected chi connectivity index (χ0v) is 20.3. The van der Waals surface area contributed by atoms with E-state index >= 15 is 0 Å². The number of carbonyl (C=O) groups is 2. The van der Waals surface area contributed by atoms with Gasteiger partial charge >= 0.3 is 0 Å². The SMILES string of the molecule is Cc1cc(C=CC(=O)N2CCC(C(=O)Nc3ccc(Cl)cn3)CC2)c(C)n1C1CCCCC1. The predicted molar refractivity (Wildman–Crippen MR) is 132 cm³/mol. The number of nitrogens with zero attached hydrogens (tertiary/aromatic N) is 3. The second kappa shape index (κ2) is 10.6. The molecule has 0 atom stereocenters. The molecule has 1 aliphatic heterocycles. The van der Waals surface area contributed by atoms with Gasteiger partial charge < -0.3 is 14.8 Å². The number of rotatable bonds is 5. The number of hydrogen-bond acceptors (Lipinski definition) is 3. The molecule has 1 saturated carbocycles. The Kier molecular flexibility index (Phi) is 7.53. The van der Waals surface area contributed by atoms with Crippen LogP contribution in [0.3, 0.4) is 0 Å². The van der Waals surface area contributed by atoms with Crippen molar-refractivity contribution in [3.63, 3.8) is 0 Å². The second-order valence-electron chi connectivity index (χ2n) is 9.27. The highest BCUT2D eigenvalue weighted by molar-refractivity contribution is 6.30. The third kappa shape index (κ3) is 5.67. The van der Waals surface area contributed by atoms with Crippen LogP contribution in [0, 0.1) is 19.8 Å². The second-order valence-corrected chi connectivity index (χ2v) is 9.71. The minimum Gasteiger partial charge on any atom is -0.346 e. The topological polar surface area (TPSA) is 67.2 Å². The molecule has 176 valence electrons. The Morgan fingerprint density at radius 1 is 1.09 bits per heavy atom. The molecule has 1 saturated heterocycles. The van der Waals surface area contributed by atoms with Crippen LogP contribution in [0.1, 0.15) is 67.9 Å². The Morgan fingerprint density at radius 2 is 1.82 bits per heavy atom. The van der Waals surface area contributed by atoms with Crippen molar-refractivity contribution in [2.45, 2.75) is 64.8 Å². The van der Waals surface area contributed by atoms with E-state index in [1.807, 2.05) is 11.0 Å². The van der Waals surface area contributed by atoms with Crippen molar-refractivity contribution < 1.29 is 9.59 Å². The van der Waals surface area contributed by atoms with Gasteiger partial charge in [0.2, 0.25) is 11.8 Å². The summed E-state index contributed by atoms with van der Waals surface area (Å²) >= 11 is 5.84. The van der Waals surface area contributed by atoms with Crippen LogP contribution in [0.4, 0.5) is 5.82 Å². The first kappa shape index (κ1) is 23.6. The summed E-state index contributed by atoms with van der Waals surface area (Å²) in [6.45, 7) is 5.48. The number of halogens is 1. The van der Waals surface area contributed by atoms with Gasteiger partial charge in [0.25, 0.3) is 0 Å². The average molecular weight is 469 g/mol. The van der Waals surface area contributed by atoms with Gasteiger partial charge in [0.15, 0.2) is 0 Å². The van der Waals surface area contributed by atoms with Crippen molar-refractivity contribution in [2.75, 3.05) is 18.4 Å². The fraction of sp³-hybridized carbons (Fsp3) is 0.500. The Balaban J connectivity index is 1.31. The van der Waals surface area contributed by atoms with Gasteiger partial charge in [-0.15, -0.1) is 0 Å². The van der Waals surface area contributed by atoms with Crippen LogP contribution in [0.5, 0.6) is 0 Å². The lowest BCUT2D eigenvalue weighted by Crippen LogP contribution is -2.40. The normalized spacial score (nSPS) is 18.1. The maximum atomic E-state index is 12.8. The lowest BCUT2D eigenvalue weighted by Gasteiger charge is -2.30. The highest BCUT2D eigenvalue weighted by atomic mass is 35.5. The number of pyridine rings is 1. The van der Waals surface area contributed by atoms with Crippen molar-refractivity contribution in [3.8, 4) is 0 Å². The van der Waals surface area contributed by atoms with Gasteiger partial charge in [-0.25, -0.2) is 4.98 Å². The molecule has 6 nitrogen and oxygen atoms in total. The maximum Gasteiger partial charge on any atom is 0.246 e. The van der Waals surface area contributed by atoms with Gasteiger partial charge in [0, 0.05) is 48.7 Å². The molecule has 4 rings (SSSR count). The molecular formula is C26H33ClN4O2. The van der Waals surface area contributed by atoms with Crippen LogP contribution in [0.2, 0.25) is 5.02 Å². The van der Waals surface area contributed by atoms with Crippen molar-refractivity contribution in [1.29, 1.82) is 0 Å². The Bertz CT molecular complexity index is 1010. The highest BCUT2D eigenvalue weighted by Gasteiger charge is 2.27. The molecule has 0 radical (unpaired) electrons. The maximum absolute atomic E-state index is 12.8. The molecule has 2 aliphatic rings. The molecule has 0 unspecified atom stereocenters. The number of hydrogen-bond donors (Lipinski definition) is 1. The van der Waals surface area contributed by atoms with E-state index in [1.165, 1.54) is 49.7 Å². The molecule has 1 N–H and O–H groups in total. The molecule has 2 amide bonds. The quantitative estimate of drug-likeness (QED) is 0.585. The average Bonchev–Trinajstić information content (AvgIpc) is 3.12. The molecule has 1 aliphatic carbocycles. The van der Waals surface area contributed by atoms with Gasteiger partial charge in [-0.2, -0.15) is 0 Å². The molecule has 2 aromatic heterocycles. The zero-order valence-electron chi connectivity index (χ0n) is 19.5. The third-order valence-corrected chi connectivity index (χ3v) is 7.25. The Morgan fingerprint density at radius 3 is 2.48 bits per heavy atom. The minimum absolute atomic E-state index is 0.00990. The van der Waals surface area contributed by atoms with E-state index in [0.29, 0.717) is 42.8 Å².